The molecule has 6 N–H and O–H groups in total. The van der Waals surface area contributed by atoms with Crippen LogP contribution in [0.5, 0.6) is 0 Å². The van der Waals surface area contributed by atoms with E-state index < -0.39 is 6.03 Å². The number of carbonyl (C=O) groups excluding carboxylic acids is 1. The molecule has 0 radical (unpaired) electrons. The molecule has 0 fully saturated rings. The van der Waals surface area contributed by atoms with Crippen LogP contribution in [0.2, 0.25) is 0 Å². The highest BCUT2D eigenvalue weighted by Crippen LogP contribution is 2.31. The van der Waals surface area contributed by atoms with E-state index in [0.717, 1.165) is 0 Å². The highest BCUT2D eigenvalue weighted by molar-refractivity contribution is 5.92. The third-order valence-electron chi connectivity index (χ3n) is 4.14. The van der Waals surface area contributed by atoms with Gasteiger partial charge in [-0.3, -0.25) is 10.5 Å². The zero-order valence-corrected chi connectivity index (χ0v) is 17.8. The first-order chi connectivity index (χ1) is 15.9. The summed E-state index contributed by atoms with van der Waals surface area (Å²) in [5.41, 5.74) is 8.07. The van der Waals surface area contributed by atoms with E-state index in [0.29, 0.717) is 51.5 Å². The fraction of sp³-hybridized carbons (Fsp3) is 0.200. The molecule has 0 saturated heterocycles. The normalized spacial score (nSPS) is 11.0. The number of benzene rings is 2. The van der Waals surface area contributed by atoms with Crippen molar-refractivity contribution >= 4 is 34.7 Å². The summed E-state index contributed by atoms with van der Waals surface area (Å²) in [5, 5.41) is 31.3. The summed E-state index contributed by atoms with van der Waals surface area (Å²) in [6.45, 7) is 3.33. The van der Waals surface area contributed by atoms with Crippen LogP contribution in [-0.2, 0) is 23.0 Å². The van der Waals surface area contributed by atoms with Gasteiger partial charge in [-0.2, -0.15) is 15.1 Å². The van der Waals surface area contributed by atoms with Crippen LogP contribution in [0, 0.1) is 13.8 Å². The molecule has 2 amide bonds. The summed E-state index contributed by atoms with van der Waals surface area (Å²) >= 11 is 0. The first-order valence-electron chi connectivity index (χ1n) is 9.60. The zero-order chi connectivity index (χ0) is 23.8. The molecule has 0 spiro atoms. The van der Waals surface area contributed by atoms with Crippen molar-refractivity contribution in [3.05, 3.63) is 59.2 Å². The number of urea groups is 1. The lowest BCUT2D eigenvalue weighted by atomic mass is 10.1. The number of anilines is 3. The summed E-state index contributed by atoms with van der Waals surface area (Å²) in [6.07, 6.45) is 0. The average Bonchev–Trinajstić information content (AvgIpc) is 2.72. The molecule has 0 bridgehead atoms. The second-order valence-corrected chi connectivity index (χ2v) is 6.85. The van der Waals surface area contributed by atoms with Crippen molar-refractivity contribution in [3.63, 3.8) is 0 Å². The molecule has 3 rings (SSSR count). The van der Waals surface area contributed by atoms with E-state index in [4.69, 9.17) is 16.2 Å². The van der Waals surface area contributed by atoms with Crippen LogP contribution >= 0.6 is 0 Å². The lowest BCUT2D eigenvalue weighted by Crippen LogP contribution is -2.19. The molecule has 0 saturated carbocycles. The summed E-state index contributed by atoms with van der Waals surface area (Å²) < 4.78 is 0. The topological polar surface area (TPSA) is 189 Å². The highest BCUT2D eigenvalue weighted by Gasteiger charge is 2.09. The van der Waals surface area contributed by atoms with Gasteiger partial charge < -0.3 is 16.4 Å². The number of amides is 2. The Labute approximate surface area is 188 Å². The number of carbonyl (C=O) groups is 1. The Balaban J connectivity index is 1.90. The molecule has 1 heterocycles. The van der Waals surface area contributed by atoms with Gasteiger partial charge in [0.05, 0.1) is 11.4 Å². The smallest absolute Gasteiger partial charge is 0.316 e. The monoisotopic (exact) mass is 454 g/mol. The maximum Gasteiger partial charge on any atom is 0.316 e. The van der Waals surface area contributed by atoms with Gasteiger partial charge in [0.25, 0.3) is 0 Å². The van der Waals surface area contributed by atoms with Crippen molar-refractivity contribution in [2.45, 2.75) is 27.1 Å². The van der Waals surface area contributed by atoms with Crippen molar-refractivity contribution in [2.24, 2.45) is 16.0 Å². The quantitative estimate of drug-likeness (QED) is 0.180. The molecule has 0 atom stereocenters. The molecule has 2 aromatic carbocycles. The third-order valence-corrected chi connectivity index (χ3v) is 4.14. The number of azo groups is 1. The molecule has 0 unspecified atom stereocenters. The molecule has 172 valence electrons. The van der Waals surface area contributed by atoms with Gasteiger partial charge in [0.15, 0.2) is 0 Å². The van der Waals surface area contributed by atoms with Crippen LogP contribution in [0.3, 0.4) is 0 Å². The number of nitrogens with zero attached hydrogens (tertiary/aromatic N) is 5. The SMILES string of the molecule is Cc1nc(C)nc(Nc2ccc(N=Nc3cc(COO)cc(COO)c3)c(NC(N)=O)c2)n1. The number of rotatable bonds is 9. The molecule has 13 nitrogen and oxygen atoms in total. The van der Waals surface area contributed by atoms with E-state index in [9.17, 15) is 4.79 Å². The minimum atomic E-state index is -0.778. The molecule has 0 aliphatic rings. The lowest BCUT2D eigenvalue weighted by Gasteiger charge is -2.10. The Morgan fingerprint density at radius 3 is 2.18 bits per heavy atom. The fourth-order valence-corrected chi connectivity index (χ4v) is 2.96. The maximum atomic E-state index is 11.5. The van der Waals surface area contributed by atoms with Gasteiger partial charge in [-0.05, 0) is 55.3 Å². The van der Waals surface area contributed by atoms with E-state index in [1.807, 2.05) is 0 Å². The molecule has 33 heavy (non-hydrogen) atoms. The largest absolute Gasteiger partial charge is 0.351 e. The lowest BCUT2D eigenvalue weighted by molar-refractivity contribution is -0.254. The van der Waals surface area contributed by atoms with Crippen molar-refractivity contribution in [1.29, 1.82) is 0 Å². The third kappa shape index (κ3) is 6.98. The van der Waals surface area contributed by atoms with Crippen LogP contribution in [0.1, 0.15) is 22.8 Å². The number of nitrogens with one attached hydrogen (secondary N) is 2. The molecular weight excluding hydrogens is 432 g/mol. The van der Waals surface area contributed by atoms with Gasteiger partial charge in [0.2, 0.25) is 5.95 Å². The summed E-state index contributed by atoms with van der Waals surface area (Å²) in [4.78, 5) is 32.4. The minimum absolute atomic E-state index is 0.0906. The molecular formula is C20H22N8O5. The van der Waals surface area contributed by atoms with E-state index in [2.05, 4.69) is 45.6 Å². The Morgan fingerprint density at radius 1 is 0.970 bits per heavy atom. The van der Waals surface area contributed by atoms with Crippen LogP contribution in [0.4, 0.5) is 33.5 Å². The van der Waals surface area contributed by atoms with Crippen molar-refractivity contribution < 1.29 is 25.1 Å². The fourth-order valence-electron chi connectivity index (χ4n) is 2.96. The highest BCUT2D eigenvalue weighted by atomic mass is 17.1. The molecule has 1 aromatic heterocycles. The Kier molecular flexibility index (Phi) is 7.88. The van der Waals surface area contributed by atoms with Crippen LogP contribution in [0.15, 0.2) is 46.6 Å². The van der Waals surface area contributed by atoms with Crippen molar-refractivity contribution in [1.82, 2.24) is 15.0 Å². The van der Waals surface area contributed by atoms with Gasteiger partial charge in [0.1, 0.15) is 30.5 Å². The van der Waals surface area contributed by atoms with Crippen LogP contribution < -0.4 is 16.4 Å². The van der Waals surface area contributed by atoms with Gasteiger partial charge in [0, 0.05) is 5.69 Å². The van der Waals surface area contributed by atoms with E-state index in [1.165, 1.54) is 0 Å². The first kappa shape index (κ1) is 23.6. The predicted octanol–water partition coefficient (Wildman–Crippen LogP) is 4.12. The van der Waals surface area contributed by atoms with Crippen molar-refractivity contribution in [2.75, 3.05) is 10.6 Å². The molecule has 0 aliphatic carbocycles. The number of hydrogen-bond donors (Lipinski definition) is 5. The van der Waals surface area contributed by atoms with Gasteiger partial charge in [-0.25, -0.2) is 19.6 Å². The van der Waals surface area contributed by atoms with Crippen LogP contribution in [-0.4, -0.2) is 31.5 Å². The predicted molar refractivity (Wildman–Crippen MR) is 118 cm³/mol. The number of aromatic nitrogens is 3. The average molecular weight is 454 g/mol. The second-order valence-electron chi connectivity index (χ2n) is 6.85. The second kappa shape index (κ2) is 11.0. The Morgan fingerprint density at radius 2 is 1.61 bits per heavy atom. The summed E-state index contributed by atoms with van der Waals surface area (Å²) in [5.74, 6) is 1.47. The standard InChI is InChI=1S/C20H22N8O5/c1-11-22-12(2)24-20(23-11)25-15-3-4-17(18(8-15)26-19(21)29)28-27-16-6-13(9-32-30)5-14(7-16)10-33-31/h3-8,30-31H,9-10H2,1-2H3,(H3,21,26,29)(H,22,23,24,25). The summed E-state index contributed by atoms with van der Waals surface area (Å²) in [6, 6.07) is 9.07. The first-order valence-corrected chi connectivity index (χ1v) is 9.60. The Hall–Kier alpha value is -4.04. The maximum absolute atomic E-state index is 11.5. The number of nitrogens with two attached hydrogens (primary N) is 1. The molecule has 3 aromatic rings. The number of hydrogen-bond acceptors (Lipinski definition) is 11. The van der Waals surface area contributed by atoms with Crippen LogP contribution in [0.25, 0.3) is 0 Å². The minimum Gasteiger partial charge on any atom is -0.351 e. The van der Waals surface area contributed by atoms with E-state index >= 15 is 0 Å². The van der Waals surface area contributed by atoms with E-state index in [-0.39, 0.29) is 13.2 Å². The molecule has 0 aliphatic heterocycles. The summed E-state index contributed by atoms with van der Waals surface area (Å²) in [7, 11) is 0. The molecule has 13 heteroatoms. The van der Waals surface area contributed by atoms with Crippen molar-refractivity contribution in [3.8, 4) is 0 Å². The van der Waals surface area contributed by atoms with Gasteiger partial charge in [-0.15, -0.1) is 5.11 Å². The number of primary amides is 1. The van der Waals surface area contributed by atoms with Gasteiger partial charge >= 0.3 is 6.03 Å². The van der Waals surface area contributed by atoms with E-state index in [1.54, 1.807) is 50.2 Å². The van der Waals surface area contributed by atoms with Gasteiger partial charge in [-0.1, -0.05) is 6.07 Å². The number of aryl methyl sites for hydroxylation is 2. The zero-order valence-electron chi connectivity index (χ0n) is 17.8. The Bertz CT molecular complexity index is 1130.